The van der Waals surface area contributed by atoms with E-state index in [1.807, 2.05) is 0 Å². The van der Waals surface area contributed by atoms with Gasteiger partial charge >= 0.3 is 0 Å². The molecule has 26 heavy (non-hydrogen) atoms. The number of hydrogen-bond donors (Lipinski definition) is 1. The van der Waals surface area contributed by atoms with E-state index in [4.69, 9.17) is 10.5 Å². The predicted molar refractivity (Wildman–Crippen MR) is 111 cm³/mol. The number of nitrogens with two attached hydrogens (primary N) is 1. The van der Waals surface area contributed by atoms with Crippen LogP contribution >= 0.6 is 24.0 Å². The number of rotatable bonds is 4. The molecule has 0 radical (unpaired) electrons. The van der Waals surface area contributed by atoms with Crippen LogP contribution in [0.15, 0.2) is 47.7 Å². The minimum absolute atomic E-state index is 0. The van der Waals surface area contributed by atoms with Crippen molar-refractivity contribution in [2.24, 2.45) is 10.7 Å². The van der Waals surface area contributed by atoms with Gasteiger partial charge in [0, 0.05) is 19.3 Å². The molecule has 0 unspecified atom stereocenters. The topological polar surface area (TPSA) is 63.7 Å². The number of hydrogen-bond acceptors (Lipinski definition) is 3. The Hall–Kier alpha value is -1.90. The molecule has 0 spiro atoms. The largest absolute Gasteiger partial charge is 0.453 e. The van der Waals surface area contributed by atoms with E-state index >= 15 is 0 Å². The molecule has 2 heterocycles. The minimum atomic E-state index is -0.426. The molecule has 1 aliphatic heterocycles. The lowest BCUT2D eigenvalue weighted by molar-refractivity contribution is 0.428. The second-order valence-electron chi connectivity index (χ2n) is 6.13. The van der Waals surface area contributed by atoms with Crippen LogP contribution in [-0.4, -0.2) is 28.9 Å². The number of nitrogens with zero attached hydrogens (tertiary/aromatic N) is 3. The van der Waals surface area contributed by atoms with Crippen molar-refractivity contribution in [3.63, 3.8) is 0 Å². The fourth-order valence-electron chi connectivity index (χ4n) is 2.83. The van der Waals surface area contributed by atoms with Gasteiger partial charge in [0.05, 0.1) is 12.7 Å². The zero-order chi connectivity index (χ0) is 17.5. The van der Waals surface area contributed by atoms with Crippen molar-refractivity contribution in [3.8, 4) is 11.5 Å². The molecule has 2 N–H and O–H groups in total. The van der Waals surface area contributed by atoms with Gasteiger partial charge in [-0.25, -0.2) is 9.38 Å². The molecule has 0 atom stereocenters. The fraction of sp³-hybridized carbons (Fsp3) is 0.368. The highest BCUT2D eigenvalue weighted by atomic mass is 127. The number of aliphatic imine (C=N–C) groups is 1. The Bertz CT molecular complexity index is 719. The van der Waals surface area contributed by atoms with Crippen molar-refractivity contribution in [1.82, 2.24) is 9.88 Å². The Morgan fingerprint density at radius 3 is 2.62 bits per heavy atom. The summed E-state index contributed by atoms with van der Waals surface area (Å²) in [5, 5.41) is 0. The van der Waals surface area contributed by atoms with Gasteiger partial charge in [-0.1, -0.05) is 18.9 Å². The first-order valence-electron chi connectivity index (χ1n) is 8.63. The van der Waals surface area contributed by atoms with Gasteiger partial charge in [0.25, 0.3) is 0 Å². The molecular formula is C19H24FIN4O. The summed E-state index contributed by atoms with van der Waals surface area (Å²) in [5.41, 5.74) is 6.84. The predicted octanol–water partition coefficient (Wildman–Crippen LogP) is 4.32. The van der Waals surface area contributed by atoms with E-state index in [0.29, 0.717) is 18.3 Å². The van der Waals surface area contributed by atoms with Crippen LogP contribution in [0.4, 0.5) is 4.39 Å². The molecule has 1 saturated heterocycles. The Morgan fingerprint density at radius 2 is 1.96 bits per heavy atom. The molecule has 0 saturated carbocycles. The van der Waals surface area contributed by atoms with Crippen molar-refractivity contribution in [3.05, 3.63) is 54.1 Å². The van der Waals surface area contributed by atoms with E-state index < -0.39 is 5.82 Å². The molecule has 1 fully saturated rings. The van der Waals surface area contributed by atoms with Crippen LogP contribution < -0.4 is 10.5 Å². The number of likely N-dealkylation sites (tertiary alicyclic amines) is 1. The maximum Gasteiger partial charge on any atom is 0.191 e. The number of guanidine groups is 1. The Morgan fingerprint density at radius 1 is 1.19 bits per heavy atom. The van der Waals surface area contributed by atoms with Crippen LogP contribution in [0.5, 0.6) is 11.5 Å². The summed E-state index contributed by atoms with van der Waals surface area (Å²) in [7, 11) is 0. The first-order valence-corrected chi connectivity index (χ1v) is 8.63. The summed E-state index contributed by atoms with van der Waals surface area (Å²) in [6.45, 7) is 2.25. The zero-order valence-electron chi connectivity index (χ0n) is 14.6. The van der Waals surface area contributed by atoms with Crippen LogP contribution in [-0.2, 0) is 6.54 Å². The Kier molecular flexibility index (Phi) is 8.08. The second-order valence-corrected chi connectivity index (χ2v) is 6.13. The molecule has 5 nitrogen and oxygen atoms in total. The van der Waals surface area contributed by atoms with Gasteiger partial charge in [-0.3, -0.25) is 4.98 Å². The molecule has 1 aromatic heterocycles. The van der Waals surface area contributed by atoms with Crippen molar-refractivity contribution < 1.29 is 9.13 Å². The summed E-state index contributed by atoms with van der Waals surface area (Å²) < 4.78 is 19.7. The first kappa shape index (κ1) is 20.4. The summed E-state index contributed by atoms with van der Waals surface area (Å²) in [6.07, 6.45) is 7.95. The standard InChI is InChI=1S/C19H23FN4O.HI/c20-17-12-15(7-8-18(17)25-16-6-5-9-22-14-16)13-23-19(21)24-10-3-1-2-4-11-24;/h5-9,12,14H,1-4,10-11,13H2,(H2,21,23);1H. The van der Waals surface area contributed by atoms with E-state index in [-0.39, 0.29) is 29.7 Å². The van der Waals surface area contributed by atoms with Crippen molar-refractivity contribution in [2.45, 2.75) is 32.2 Å². The number of benzene rings is 1. The third-order valence-corrected chi connectivity index (χ3v) is 4.21. The maximum atomic E-state index is 14.2. The van der Waals surface area contributed by atoms with E-state index in [1.54, 1.807) is 36.7 Å². The second kappa shape index (κ2) is 10.3. The van der Waals surface area contributed by atoms with Gasteiger partial charge in [-0.05, 0) is 42.7 Å². The smallest absolute Gasteiger partial charge is 0.191 e. The summed E-state index contributed by atoms with van der Waals surface area (Å²) in [4.78, 5) is 10.5. The minimum Gasteiger partial charge on any atom is -0.453 e. The van der Waals surface area contributed by atoms with Crippen LogP contribution in [0.25, 0.3) is 0 Å². The molecule has 3 rings (SSSR count). The highest BCUT2D eigenvalue weighted by molar-refractivity contribution is 14.0. The van der Waals surface area contributed by atoms with Gasteiger partial charge < -0.3 is 15.4 Å². The quantitative estimate of drug-likeness (QED) is 0.411. The van der Waals surface area contributed by atoms with Crippen LogP contribution in [0.3, 0.4) is 0 Å². The average molecular weight is 470 g/mol. The van der Waals surface area contributed by atoms with Gasteiger partial charge in [-0.2, -0.15) is 0 Å². The lowest BCUT2D eigenvalue weighted by atomic mass is 10.2. The van der Waals surface area contributed by atoms with Gasteiger partial charge in [0.2, 0.25) is 0 Å². The highest BCUT2D eigenvalue weighted by Gasteiger charge is 2.11. The molecule has 0 amide bonds. The monoisotopic (exact) mass is 470 g/mol. The van der Waals surface area contributed by atoms with E-state index in [1.165, 1.54) is 18.9 Å². The molecule has 140 valence electrons. The van der Waals surface area contributed by atoms with E-state index in [9.17, 15) is 4.39 Å². The number of aromatic nitrogens is 1. The molecule has 0 bridgehead atoms. The van der Waals surface area contributed by atoms with Crippen molar-refractivity contribution >= 4 is 29.9 Å². The van der Waals surface area contributed by atoms with Crippen molar-refractivity contribution in [2.75, 3.05) is 13.1 Å². The summed E-state index contributed by atoms with van der Waals surface area (Å²) in [5.74, 6) is 0.779. The van der Waals surface area contributed by atoms with Gasteiger partial charge in [-0.15, -0.1) is 24.0 Å². The summed E-state index contributed by atoms with van der Waals surface area (Å²) in [6, 6.07) is 8.31. The Labute approximate surface area is 170 Å². The third-order valence-electron chi connectivity index (χ3n) is 4.21. The third kappa shape index (κ3) is 5.82. The molecule has 0 aliphatic carbocycles. The highest BCUT2D eigenvalue weighted by Crippen LogP contribution is 2.24. The SMILES string of the molecule is I.NC(=NCc1ccc(Oc2cccnc2)c(F)c1)N1CCCCCC1. The van der Waals surface area contributed by atoms with Gasteiger partial charge in [0.1, 0.15) is 5.75 Å². The van der Waals surface area contributed by atoms with E-state index in [0.717, 1.165) is 31.5 Å². The van der Waals surface area contributed by atoms with Crippen LogP contribution in [0, 0.1) is 5.82 Å². The average Bonchev–Trinajstić information content (AvgIpc) is 2.92. The summed E-state index contributed by atoms with van der Waals surface area (Å²) >= 11 is 0. The first-order chi connectivity index (χ1) is 12.2. The lowest BCUT2D eigenvalue weighted by Crippen LogP contribution is -2.38. The molecule has 1 aliphatic rings. The number of pyridine rings is 1. The lowest BCUT2D eigenvalue weighted by Gasteiger charge is -2.21. The van der Waals surface area contributed by atoms with Crippen molar-refractivity contribution in [1.29, 1.82) is 0 Å². The fourth-order valence-corrected chi connectivity index (χ4v) is 2.83. The zero-order valence-corrected chi connectivity index (χ0v) is 16.9. The normalized spacial score (nSPS) is 15.1. The number of halogens is 2. The number of ether oxygens (including phenoxy) is 1. The molecular weight excluding hydrogens is 446 g/mol. The van der Waals surface area contributed by atoms with Crippen LogP contribution in [0.1, 0.15) is 31.2 Å². The van der Waals surface area contributed by atoms with Crippen LogP contribution in [0.2, 0.25) is 0 Å². The molecule has 2 aromatic rings. The van der Waals surface area contributed by atoms with E-state index in [2.05, 4.69) is 14.9 Å². The van der Waals surface area contributed by atoms with Gasteiger partial charge in [0.15, 0.2) is 17.5 Å². The molecule has 7 heteroatoms. The Balaban J connectivity index is 0.00000243. The maximum absolute atomic E-state index is 14.2. The molecule has 1 aromatic carbocycles.